The molecule has 0 fully saturated rings. The number of hydrogen-bond acceptors (Lipinski definition) is 3. The van der Waals surface area contributed by atoms with Crippen LogP contribution in [-0.4, -0.2) is 24.2 Å². The first kappa shape index (κ1) is 11.7. The van der Waals surface area contributed by atoms with Crippen LogP contribution >= 0.6 is 0 Å². The maximum Gasteiger partial charge on any atom is 0.257 e. The van der Waals surface area contributed by atoms with Crippen LogP contribution in [0.5, 0.6) is 0 Å². The second kappa shape index (κ2) is 6.98. The topological polar surface area (TPSA) is 61.4 Å². The predicted octanol–water partition coefficient (Wildman–Crippen LogP) is 0.714. The summed E-state index contributed by atoms with van der Waals surface area (Å²) in [6.07, 6.45) is 1.97. The molecule has 0 unspecified atom stereocenters. The van der Waals surface area contributed by atoms with Gasteiger partial charge >= 0.3 is 0 Å². The molecule has 0 aliphatic rings. The van der Waals surface area contributed by atoms with Crippen LogP contribution in [0.4, 0.5) is 0 Å². The van der Waals surface area contributed by atoms with Crippen LogP contribution in [0.3, 0.4) is 0 Å². The quantitative estimate of drug-likeness (QED) is 0.366. The number of hydroxylamine groups is 1. The highest BCUT2D eigenvalue weighted by molar-refractivity contribution is 5.76. The average molecular weight is 208 g/mol. The summed E-state index contributed by atoms with van der Waals surface area (Å²) in [5.74, 6) is -0.408. The van der Waals surface area contributed by atoms with E-state index in [2.05, 4.69) is 17.4 Å². The van der Waals surface area contributed by atoms with E-state index in [9.17, 15) is 4.79 Å². The SMILES string of the molecule is O=C(CNCCCc1ccccc1)NO. The van der Waals surface area contributed by atoms with Crippen molar-refractivity contribution in [3.63, 3.8) is 0 Å². The first-order valence-electron chi connectivity index (χ1n) is 5.00. The smallest absolute Gasteiger partial charge is 0.257 e. The number of benzene rings is 1. The number of aryl methyl sites for hydroxylation is 1. The van der Waals surface area contributed by atoms with Crippen LogP contribution in [0.1, 0.15) is 12.0 Å². The average Bonchev–Trinajstić information content (AvgIpc) is 2.29. The molecule has 0 radical (unpaired) electrons. The molecular formula is C11H16N2O2. The van der Waals surface area contributed by atoms with Crippen molar-refractivity contribution >= 4 is 5.91 Å². The van der Waals surface area contributed by atoms with Gasteiger partial charge in [0.25, 0.3) is 5.91 Å². The van der Waals surface area contributed by atoms with Crippen LogP contribution in [0.2, 0.25) is 0 Å². The lowest BCUT2D eigenvalue weighted by atomic mass is 10.1. The molecule has 1 aromatic rings. The van der Waals surface area contributed by atoms with Gasteiger partial charge in [0, 0.05) is 0 Å². The van der Waals surface area contributed by atoms with E-state index in [1.807, 2.05) is 18.2 Å². The Labute approximate surface area is 89.3 Å². The monoisotopic (exact) mass is 208 g/mol. The lowest BCUT2D eigenvalue weighted by molar-refractivity contribution is -0.128. The van der Waals surface area contributed by atoms with E-state index in [1.54, 1.807) is 5.48 Å². The highest BCUT2D eigenvalue weighted by Crippen LogP contribution is 2.01. The number of carbonyl (C=O) groups is 1. The zero-order valence-corrected chi connectivity index (χ0v) is 8.57. The van der Waals surface area contributed by atoms with Gasteiger partial charge in [-0.2, -0.15) is 0 Å². The second-order valence-electron chi connectivity index (χ2n) is 3.30. The van der Waals surface area contributed by atoms with E-state index in [1.165, 1.54) is 5.56 Å². The van der Waals surface area contributed by atoms with Gasteiger partial charge < -0.3 is 5.32 Å². The molecule has 0 bridgehead atoms. The standard InChI is InChI=1S/C11H16N2O2/c14-11(13-15)9-12-8-4-7-10-5-2-1-3-6-10/h1-3,5-6,12,15H,4,7-9H2,(H,13,14). The molecule has 0 heterocycles. The van der Waals surface area contributed by atoms with E-state index in [4.69, 9.17) is 5.21 Å². The summed E-state index contributed by atoms with van der Waals surface area (Å²) in [4.78, 5) is 10.6. The van der Waals surface area contributed by atoms with E-state index in [0.29, 0.717) is 0 Å². The Morgan fingerprint density at radius 3 is 2.67 bits per heavy atom. The van der Waals surface area contributed by atoms with Gasteiger partial charge in [-0.1, -0.05) is 30.3 Å². The molecule has 1 amide bonds. The molecule has 0 saturated carbocycles. The number of hydrogen-bond donors (Lipinski definition) is 3. The zero-order chi connectivity index (χ0) is 10.9. The summed E-state index contributed by atoms with van der Waals surface area (Å²) >= 11 is 0. The number of nitrogens with one attached hydrogen (secondary N) is 2. The minimum absolute atomic E-state index is 0.158. The van der Waals surface area contributed by atoms with E-state index < -0.39 is 5.91 Å². The third kappa shape index (κ3) is 5.15. The van der Waals surface area contributed by atoms with Crippen molar-refractivity contribution in [1.29, 1.82) is 0 Å². The second-order valence-corrected chi connectivity index (χ2v) is 3.30. The number of amides is 1. The first-order chi connectivity index (χ1) is 7.33. The first-order valence-corrected chi connectivity index (χ1v) is 5.00. The third-order valence-electron chi connectivity index (χ3n) is 2.07. The van der Waals surface area contributed by atoms with Crippen LogP contribution in [0.25, 0.3) is 0 Å². The predicted molar refractivity (Wildman–Crippen MR) is 57.6 cm³/mol. The molecule has 0 aromatic heterocycles. The van der Waals surface area contributed by atoms with Crippen molar-refractivity contribution in [2.24, 2.45) is 0 Å². The molecule has 0 aliphatic carbocycles. The lowest BCUT2D eigenvalue weighted by Gasteiger charge is -2.03. The fraction of sp³-hybridized carbons (Fsp3) is 0.364. The Balaban J connectivity index is 2.05. The van der Waals surface area contributed by atoms with Gasteiger partial charge in [-0.3, -0.25) is 10.0 Å². The third-order valence-corrected chi connectivity index (χ3v) is 2.07. The number of rotatable bonds is 6. The largest absolute Gasteiger partial charge is 0.308 e. The Bertz CT molecular complexity index is 288. The van der Waals surface area contributed by atoms with Gasteiger partial charge in [0.05, 0.1) is 6.54 Å². The van der Waals surface area contributed by atoms with Crippen molar-refractivity contribution in [3.8, 4) is 0 Å². The van der Waals surface area contributed by atoms with Crippen LogP contribution < -0.4 is 10.8 Å². The maximum absolute atomic E-state index is 10.6. The van der Waals surface area contributed by atoms with Gasteiger partial charge in [0.1, 0.15) is 0 Å². The molecule has 1 rings (SSSR count). The molecule has 0 atom stereocenters. The Morgan fingerprint density at radius 1 is 1.27 bits per heavy atom. The molecule has 0 aliphatic heterocycles. The van der Waals surface area contributed by atoms with Crippen molar-refractivity contribution in [2.45, 2.75) is 12.8 Å². The molecule has 4 nitrogen and oxygen atoms in total. The van der Waals surface area contributed by atoms with Gasteiger partial charge in [-0.15, -0.1) is 0 Å². The summed E-state index contributed by atoms with van der Waals surface area (Å²) in [5.41, 5.74) is 2.87. The Morgan fingerprint density at radius 2 is 2.00 bits per heavy atom. The van der Waals surface area contributed by atoms with Crippen LogP contribution in [0.15, 0.2) is 30.3 Å². The Kier molecular flexibility index (Phi) is 5.43. The van der Waals surface area contributed by atoms with Gasteiger partial charge in [-0.05, 0) is 24.9 Å². The van der Waals surface area contributed by atoms with Gasteiger partial charge in [0.15, 0.2) is 0 Å². The fourth-order valence-electron chi connectivity index (χ4n) is 1.30. The van der Waals surface area contributed by atoms with Crippen molar-refractivity contribution in [1.82, 2.24) is 10.8 Å². The zero-order valence-electron chi connectivity index (χ0n) is 8.57. The normalized spacial score (nSPS) is 9.93. The molecule has 0 spiro atoms. The fourth-order valence-corrected chi connectivity index (χ4v) is 1.30. The van der Waals surface area contributed by atoms with Crippen molar-refractivity contribution in [2.75, 3.05) is 13.1 Å². The van der Waals surface area contributed by atoms with E-state index >= 15 is 0 Å². The van der Waals surface area contributed by atoms with Gasteiger partial charge in [-0.25, -0.2) is 5.48 Å². The maximum atomic E-state index is 10.6. The molecular weight excluding hydrogens is 192 g/mol. The summed E-state index contributed by atoms with van der Waals surface area (Å²) < 4.78 is 0. The van der Waals surface area contributed by atoms with Crippen LogP contribution in [0, 0.1) is 0 Å². The summed E-state index contributed by atoms with van der Waals surface area (Å²) in [6.45, 7) is 0.924. The summed E-state index contributed by atoms with van der Waals surface area (Å²) in [5, 5.41) is 11.2. The van der Waals surface area contributed by atoms with Crippen molar-refractivity contribution in [3.05, 3.63) is 35.9 Å². The molecule has 15 heavy (non-hydrogen) atoms. The lowest BCUT2D eigenvalue weighted by Crippen LogP contribution is -2.32. The minimum atomic E-state index is -0.408. The van der Waals surface area contributed by atoms with E-state index in [0.717, 1.165) is 19.4 Å². The number of carbonyl (C=O) groups excluding carboxylic acids is 1. The highest BCUT2D eigenvalue weighted by atomic mass is 16.5. The van der Waals surface area contributed by atoms with Crippen LogP contribution in [-0.2, 0) is 11.2 Å². The minimum Gasteiger partial charge on any atom is -0.308 e. The molecule has 3 N–H and O–H groups in total. The van der Waals surface area contributed by atoms with Crippen molar-refractivity contribution < 1.29 is 10.0 Å². The molecule has 82 valence electrons. The molecule has 4 heteroatoms. The molecule has 0 saturated heterocycles. The van der Waals surface area contributed by atoms with Gasteiger partial charge in [0.2, 0.25) is 0 Å². The molecule has 1 aromatic carbocycles. The Hall–Kier alpha value is -1.39. The van der Waals surface area contributed by atoms with E-state index in [-0.39, 0.29) is 6.54 Å². The summed E-state index contributed by atoms with van der Waals surface area (Å²) in [7, 11) is 0. The highest BCUT2D eigenvalue weighted by Gasteiger charge is 1.96. The summed E-state index contributed by atoms with van der Waals surface area (Å²) in [6, 6.07) is 10.2.